The fraction of sp³-hybridized carbons (Fsp3) is 0.300. The molecular formula is C10H11N3O. The van der Waals surface area contributed by atoms with Gasteiger partial charge in [-0.3, -0.25) is 4.79 Å². The molecule has 4 nitrogen and oxygen atoms in total. The number of amides is 1. The zero-order valence-electron chi connectivity index (χ0n) is 7.95. The number of nitriles is 1. The quantitative estimate of drug-likeness (QED) is 0.774. The summed E-state index contributed by atoms with van der Waals surface area (Å²) in [7, 11) is 0. The van der Waals surface area contributed by atoms with Crippen LogP contribution < -0.4 is 5.32 Å². The van der Waals surface area contributed by atoms with Gasteiger partial charge in [0.25, 0.3) is 5.91 Å². The first-order valence-electron chi connectivity index (χ1n) is 4.42. The Morgan fingerprint density at radius 1 is 1.71 bits per heavy atom. The summed E-state index contributed by atoms with van der Waals surface area (Å²) in [5, 5.41) is 11.3. The molecule has 4 heteroatoms. The van der Waals surface area contributed by atoms with Crippen molar-refractivity contribution in [2.45, 2.75) is 13.3 Å². The van der Waals surface area contributed by atoms with Gasteiger partial charge in [-0.05, 0) is 18.6 Å². The van der Waals surface area contributed by atoms with Crippen molar-refractivity contribution in [2.24, 2.45) is 0 Å². The van der Waals surface area contributed by atoms with Crippen molar-refractivity contribution < 1.29 is 4.79 Å². The summed E-state index contributed by atoms with van der Waals surface area (Å²) in [6, 6.07) is 4.95. The minimum atomic E-state index is -0.161. The molecule has 1 amide bonds. The molecule has 0 bridgehead atoms. The number of rotatable bonds is 3. The summed E-state index contributed by atoms with van der Waals surface area (Å²) in [5.74, 6) is -0.161. The fourth-order valence-electron chi connectivity index (χ4n) is 0.974. The SMILES string of the molecule is CCCNC(=O)c1ccnc(C#N)c1. The smallest absolute Gasteiger partial charge is 0.251 e. The van der Waals surface area contributed by atoms with Gasteiger partial charge in [-0.2, -0.15) is 5.26 Å². The number of pyridine rings is 1. The van der Waals surface area contributed by atoms with E-state index in [1.807, 2.05) is 13.0 Å². The Kier molecular flexibility index (Phi) is 3.62. The van der Waals surface area contributed by atoms with Crippen LogP contribution in [0, 0.1) is 11.3 Å². The molecule has 0 aliphatic carbocycles. The van der Waals surface area contributed by atoms with Gasteiger partial charge in [0.2, 0.25) is 0 Å². The first-order valence-corrected chi connectivity index (χ1v) is 4.42. The molecule has 0 unspecified atom stereocenters. The Hall–Kier alpha value is -1.89. The molecule has 0 saturated carbocycles. The summed E-state index contributed by atoms with van der Waals surface area (Å²) in [5.41, 5.74) is 0.735. The highest BCUT2D eigenvalue weighted by Crippen LogP contribution is 2.00. The van der Waals surface area contributed by atoms with E-state index >= 15 is 0 Å². The first kappa shape index (κ1) is 10.2. The highest BCUT2D eigenvalue weighted by molar-refractivity contribution is 5.94. The van der Waals surface area contributed by atoms with Gasteiger partial charge in [0.1, 0.15) is 11.8 Å². The van der Waals surface area contributed by atoms with E-state index in [9.17, 15) is 4.79 Å². The Labute approximate surface area is 82.6 Å². The molecule has 0 aliphatic heterocycles. The molecule has 0 aliphatic rings. The average molecular weight is 189 g/mol. The average Bonchev–Trinajstić information content (AvgIpc) is 2.26. The second-order valence-corrected chi connectivity index (χ2v) is 2.80. The molecule has 0 saturated heterocycles. The topological polar surface area (TPSA) is 65.8 Å². The molecule has 0 spiro atoms. The minimum Gasteiger partial charge on any atom is -0.352 e. The number of nitrogens with one attached hydrogen (secondary N) is 1. The largest absolute Gasteiger partial charge is 0.352 e. The van der Waals surface area contributed by atoms with Crippen molar-refractivity contribution in [1.29, 1.82) is 5.26 Å². The van der Waals surface area contributed by atoms with Gasteiger partial charge in [-0.25, -0.2) is 4.98 Å². The molecule has 1 aromatic heterocycles. The molecule has 0 fully saturated rings. The Bertz CT molecular complexity index is 368. The van der Waals surface area contributed by atoms with Crippen molar-refractivity contribution in [2.75, 3.05) is 6.54 Å². The van der Waals surface area contributed by atoms with E-state index in [0.717, 1.165) is 6.42 Å². The van der Waals surface area contributed by atoms with Crippen molar-refractivity contribution in [3.05, 3.63) is 29.6 Å². The van der Waals surface area contributed by atoms with Crippen molar-refractivity contribution in [3.8, 4) is 6.07 Å². The second kappa shape index (κ2) is 4.97. The van der Waals surface area contributed by atoms with Gasteiger partial charge in [0.05, 0.1) is 0 Å². The summed E-state index contributed by atoms with van der Waals surface area (Å²) in [4.78, 5) is 15.2. The Balaban J connectivity index is 2.75. The number of hydrogen-bond donors (Lipinski definition) is 1. The summed E-state index contributed by atoms with van der Waals surface area (Å²) >= 11 is 0. The zero-order valence-corrected chi connectivity index (χ0v) is 7.95. The van der Waals surface area contributed by atoms with Crippen molar-refractivity contribution in [1.82, 2.24) is 10.3 Å². The van der Waals surface area contributed by atoms with Crippen LogP contribution in [0.3, 0.4) is 0 Å². The van der Waals surface area contributed by atoms with E-state index in [4.69, 9.17) is 5.26 Å². The highest BCUT2D eigenvalue weighted by atomic mass is 16.1. The van der Waals surface area contributed by atoms with E-state index in [0.29, 0.717) is 12.1 Å². The predicted octanol–water partition coefficient (Wildman–Crippen LogP) is 1.09. The summed E-state index contributed by atoms with van der Waals surface area (Å²) < 4.78 is 0. The van der Waals surface area contributed by atoms with Gasteiger partial charge in [0, 0.05) is 18.3 Å². The number of hydrogen-bond acceptors (Lipinski definition) is 3. The van der Waals surface area contributed by atoms with Crippen LogP contribution in [-0.2, 0) is 0 Å². The minimum absolute atomic E-state index is 0.161. The van der Waals surface area contributed by atoms with Crippen LogP contribution in [0.15, 0.2) is 18.3 Å². The van der Waals surface area contributed by atoms with Crippen LogP contribution >= 0.6 is 0 Å². The standard InChI is InChI=1S/C10H11N3O/c1-2-4-13-10(14)8-3-5-12-9(6-8)7-11/h3,5-6H,2,4H2,1H3,(H,13,14). The van der Waals surface area contributed by atoms with Gasteiger partial charge < -0.3 is 5.32 Å². The number of carbonyl (C=O) groups is 1. The Morgan fingerprint density at radius 3 is 3.14 bits per heavy atom. The lowest BCUT2D eigenvalue weighted by Crippen LogP contribution is -2.24. The van der Waals surface area contributed by atoms with E-state index in [1.54, 1.807) is 6.07 Å². The maximum absolute atomic E-state index is 11.4. The highest BCUT2D eigenvalue weighted by Gasteiger charge is 2.04. The molecular weight excluding hydrogens is 178 g/mol. The van der Waals surface area contributed by atoms with E-state index in [1.165, 1.54) is 12.3 Å². The van der Waals surface area contributed by atoms with Crippen LogP contribution in [0.25, 0.3) is 0 Å². The van der Waals surface area contributed by atoms with Gasteiger partial charge in [0.15, 0.2) is 0 Å². The lowest BCUT2D eigenvalue weighted by Gasteiger charge is -2.02. The van der Waals surface area contributed by atoms with Crippen molar-refractivity contribution in [3.63, 3.8) is 0 Å². The third kappa shape index (κ3) is 2.56. The molecule has 1 aromatic rings. The second-order valence-electron chi connectivity index (χ2n) is 2.80. The molecule has 1 rings (SSSR count). The third-order valence-electron chi connectivity index (χ3n) is 1.67. The predicted molar refractivity (Wildman–Crippen MR) is 51.6 cm³/mol. The van der Waals surface area contributed by atoms with E-state index in [2.05, 4.69) is 10.3 Å². The fourth-order valence-corrected chi connectivity index (χ4v) is 0.974. The van der Waals surface area contributed by atoms with Crippen LogP contribution in [0.5, 0.6) is 0 Å². The van der Waals surface area contributed by atoms with Gasteiger partial charge in [-0.1, -0.05) is 6.92 Å². The lowest BCUT2D eigenvalue weighted by molar-refractivity contribution is 0.0953. The molecule has 72 valence electrons. The molecule has 1 N–H and O–H groups in total. The molecule has 0 atom stereocenters. The summed E-state index contributed by atoms with van der Waals surface area (Å²) in [6.07, 6.45) is 2.35. The van der Waals surface area contributed by atoms with Gasteiger partial charge >= 0.3 is 0 Å². The number of nitrogens with zero attached hydrogens (tertiary/aromatic N) is 2. The molecule has 14 heavy (non-hydrogen) atoms. The van der Waals surface area contributed by atoms with E-state index in [-0.39, 0.29) is 11.6 Å². The maximum Gasteiger partial charge on any atom is 0.251 e. The van der Waals surface area contributed by atoms with Crippen LogP contribution in [0.4, 0.5) is 0 Å². The molecule has 1 heterocycles. The monoisotopic (exact) mass is 189 g/mol. The normalized spacial score (nSPS) is 9.14. The summed E-state index contributed by atoms with van der Waals surface area (Å²) in [6.45, 7) is 2.62. The van der Waals surface area contributed by atoms with Gasteiger partial charge in [-0.15, -0.1) is 0 Å². The van der Waals surface area contributed by atoms with Crippen molar-refractivity contribution >= 4 is 5.91 Å². The van der Waals surface area contributed by atoms with Crippen LogP contribution in [0.1, 0.15) is 29.4 Å². The number of aromatic nitrogens is 1. The third-order valence-corrected chi connectivity index (χ3v) is 1.67. The van der Waals surface area contributed by atoms with Crippen LogP contribution in [-0.4, -0.2) is 17.4 Å². The first-order chi connectivity index (χ1) is 6.77. The maximum atomic E-state index is 11.4. The van der Waals surface area contributed by atoms with E-state index < -0.39 is 0 Å². The molecule has 0 radical (unpaired) electrons. The number of carbonyl (C=O) groups excluding carboxylic acids is 1. The Morgan fingerprint density at radius 2 is 2.50 bits per heavy atom. The molecule has 0 aromatic carbocycles. The zero-order chi connectivity index (χ0) is 10.4. The van der Waals surface area contributed by atoms with Crippen LogP contribution in [0.2, 0.25) is 0 Å². The lowest BCUT2D eigenvalue weighted by atomic mass is 10.2.